The van der Waals surface area contributed by atoms with E-state index in [0.29, 0.717) is 32.4 Å². The van der Waals surface area contributed by atoms with Crippen molar-refractivity contribution in [1.29, 1.82) is 0 Å². The van der Waals surface area contributed by atoms with Crippen LogP contribution in [0, 0.1) is 0 Å². The molecule has 0 radical (unpaired) electrons. The molecule has 1 aliphatic heterocycles. The first-order valence-electron chi connectivity index (χ1n) is 8.07. The molecule has 2 amide bonds. The molecule has 2 aromatic rings. The highest BCUT2D eigenvalue weighted by molar-refractivity contribution is 9.10. The topological polar surface area (TPSA) is 67.9 Å². The number of hydrogen-bond acceptors (Lipinski definition) is 7. The number of methoxy groups -OCH3 is 1. The molecule has 1 saturated heterocycles. The van der Waals surface area contributed by atoms with E-state index < -0.39 is 0 Å². The first kappa shape index (κ1) is 20.8. The Hall–Kier alpha value is -1.88. The molecule has 6 nitrogen and oxygen atoms in total. The summed E-state index contributed by atoms with van der Waals surface area (Å²) in [5.74, 6) is 0.378. The van der Waals surface area contributed by atoms with E-state index in [4.69, 9.17) is 21.7 Å². The van der Waals surface area contributed by atoms with Crippen LogP contribution in [0.5, 0.6) is 11.5 Å². The second kappa shape index (κ2) is 9.08. The highest BCUT2D eigenvalue weighted by Gasteiger charge is 2.34. The zero-order valence-corrected chi connectivity index (χ0v) is 18.9. The lowest BCUT2D eigenvalue weighted by molar-refractivity contribution is -0.123. The molecule has 3 rings (SSSR count). The minimum atomic E-state index is -0.385. The van der Waals surface area contributed by atoms with Crippen LogP contribution in [-0.4, -0.2) is 34.9 Å². The Bertz CT molecular complexity index is 960. The molecular weight excluding hydrogens is 484 g/mol. The van der Waals surface area contributed by atoms with Gasteiger partial charge in [-0.25, -0.2) is 0 Å². The van der Waals surface area contributed by atoms with E-state index in [1.165, 1.54) is 11.3 Å². The van der Waals surface area contributed by atoms with E-state index in [-0.39, 0.29) is 16.1 Å². The van der Waals surface area contributed by atoms with Gasteiger partial charge < -0.3 is 9.47 Å². The number of amides is 2. The van der Waals surface area contributed by atoms with Gasteiger partial charge in [0.1, 0.15) is 0 Å². The highest BCUT2D eigenvalue weighted by Crippen LogP contribution is 2.39. The van der Waals surface area contributed by atoms with Gasteiger partial charge in [-0.2, -0.15) is 5.01 Å². The smallest absolute Gasteiger partial charge is 0.285 e. The number of halogens is 1. The van der Waals surface area contributed by atoms with Crippen molar-refractivity contribution in [2.75, 3.05) is 13.7 Å². The van der Waals surface area contributed by atoms with Gasteiger partial charge in [0.05, 0.1) is 28.0 Å². The average molecular weight is 499 g/mol. The second-order valence-electron chi connectivity index (χ2n) is 5.40. The molecule has 2 heterocycles. The molecule has 146 valence electrons. The van der Waals surface area contributed by atoms with Gasteiger partial charge in [0.15, 0.2) is 15.8 Å². The SMILES string of the molecule is CCOc1c(Br)cc(/C=C2/SC(=S)N(NC(=O)c3cccs3)C2=O)cc1OC. The third kappa shape index (κ3) is 4.40. The van der Waals surface area contributed by atoms with Crippen LogP contribution in [0.4, 0.5) is 0 Å². The van der Waals surface area contributed by atoms with Gasteiger partial charge in [0.25, 0.3) is 11.8 Å². The maximum Gasteiger partial charge on any atom is 0.285 e. The molecule has 1 aromatic heterocycles. The lowest BCUT2D eigenvalue weighted by Gasteiger charge is -2.14. The van der Waals surface area contributed by atoms with Gasteiger partial charge >= 0.3 is 0 Å². The van der Waals surface area contributed by atoms with E-state index >= 15 is 0 Å². The zero-order valence-electron chi connectivity index (χ0n) is 14.9. The fourth-order valence-electron chi connectivity index (χ4n) is 2.39. The zero-order chi connectivity index (χ0) is 20.3. The minimum absolute atomic E-state index is 0.262. The van der Waals surface area contributed by atoms with Gasteiger partial charge in [-0.1, -0.05) is 17.8 Å². The van der Waals surface area contributed by atoms with Crippen LogP contribution in [0.25, 0.3) is 6.08 Å². The summed E-state index contributed by atoms with van der Waals surface area (Å²) in [5.41, 5.74) is 3.29. The van der Waals surface area contributed by atoms with E-state index in [1.54, 1.807) is 36.8 Å². The number of thiophene rings is 1. The molecule has 0 spiro atoms. The first-order valence-corrected chi connectivity index (χ1v) is 11.0. The molecule has 0 saturated carbocycles. The molecule has 1 N–H and O–H groups in total. The van der Waals surface area contributed by atoms with E-state index in [2.05, 4.69) is 21.4 Å². The number of nitrogens with one attached hydrogen (secondary N) is 1. The van der Waals surface area contributed by atoms with Crippen molar-refractivity contribution in [2.24, 2.45) is 0 Å². The molecule has 1 aliphatic rings. The molecule has 1 aromatic carbocycles. The highest BCUT2D eigenvalue weighted by atomic mass is 79.9. The fraction of sp³-hybridized carbons (Fsp3) is 0.167. The van der Waals surface area contributed by atoms with Crippen molar-refractivity contribution < 1.29 is 19.1 Å². The Morgan fingerprint density at radius 2 is 2.21 bits per heavy atom. The standard InChI is InChI=1S/C18H15BrN2O4S3/c1-3-25-15-11(19)7-10(8-12(15)24-2)9-14-17(23)21(18(26)28-14)20-16(22)13-5-4-6-27-13/h4-9H,3H2,1-2H3,(H,20,22)/b14-9+. The number of hydrogen-bond donors (Lipinski definition) is 1. The Morgan fingerprint density at radius 1 is 1.43 bits per heavy atom. The molecule has 0 atom stereocenters. The van der Waals surface area contributed by atoms with Crippen molar-refractivity contribution in [2.45, 2.75) is 6.92 Å². The van der Waals surface area contributed by atoms with Crippen LogP contribution in [0.3, 0.4) is 0 Å². The summed E-state index contributed by atoms with van der Waals surface area (Å²) in [6.45, 7) is 2.38. The van der Waals surface area contributed by atoms with Gasteiger partial charge in [0, 0.05) is 0 Å². The third-order valence-electron chi connectivity index (χ3n) is 3.59. The van der Waals surface area contributed by atoms with Crippen LogP contribution < -0.4 is 14.9 Å². The van der Waals surface area contributed by atoms with Crippen LogP contribution in [0.15, 0.2) is 39.0 Å². The largest absolute Gasteiger partial charge is 0.493 e. The van der Waals surface area contributed by atoms with Crippen molar-refractivity contribution in [1.82, 2.24) is 10.4 Å². The monoisotopic (exact) mass is 498 g/mol. The summed E-state index contributed by atoms with van der Waals surface area (Å²) < 4.78 is 11.9. The summed E-state index contributed by atoms with van der Waals surface area (Å²) in [6, 6.07) is 7.04. The van der Waals surface area contributed by atoms with E-state index in [1.807, 2.05) is 13.0 Å². The number of carbonyl (C=O) groups excluding carboxylic acids is 2. The average Bonchev–Trinajstić information content (AvgIpc) is 3.29. The van der Waals surface area contributed by atoms with Crippen molar-refractivity contribution in [3.8, 4) is 11.5 Å². The number of hydrazine groups is 1. The Morgan fingerprint density at radius 3 is 2.86 bits per heavy atom. The minimum Gasteiger partial charge on any atom is -0.493 e. The van der Waals surface area contributed by atoms with Crippen LogP contribution >= 0.6 is 51.2 Å². The quantitative estimate of drug-likeness (QED) is 0.468. The summed E-state index contributed by atoms with van der Waals surface area (Å²) in [4.78, 5) is 25.8. The fourth-order valence-corrected chi connectivity index (χ4v) is 4.75. The summed E-state index contributed by atoms with van der Waals surface area (Å²) in [7, 11) is 1.55. The Labute approximate surface area is 184 Å². The molecular formula is C18H15BrN2O4S3. The molecule has 0 aliphatic carbocycles. The lowest BCUT2D eigenvalue weighted by Crippen LogP contribution is -2.44. The predicted molar refractivity (Wildman–Crippen MR) is 119 cm³/mol. The van der Waals surface area contributed by atoms with E-state index in [9.17, 15) is 9.59 Å². The number of ether oxygens (including phenoxy) is 2. The second-order valence-corrected chi connectivity index (χ2v) is 8.88. The van der Waals surface area contributed by atoms with Crippen LogP contribution in [0.1, 0.15) is 22.2 Å². The van der Waals surface area contributed by atoms with Gasteiger partial charge in [0.2, 0.25) is 0 Å². The number of rotatable bonds is 6. The van der Waals surface area contributed by atoms with Gasteiger partial charge in [-0.15, -0.1) is 11.3 Å². The number of thioether (sulfide) groups is 1. The third-order valence-corrected chi connectivity index (χ3v) is 6.35. The number of thiocarbonyl (C=S) groups is 1. The molecule has 10 heteroatoms. The molecule has 28 heavy (non-hydrogen) atoms. The first-order chi connectivity index (χ1) is 13.4. The molecule has 0 unspecified atom stereocenters. The summed E-state index contributed by atoms with van der Waals surface area (Å²) >= 11 is 11.1. The predicted octanol–water partition coefficient (Wildman–Crippen LogP) is 4.46. The summed E-state index contributed by atoms with van der Waals surface area (Å²) in [5, 5.41) is 2.88. The van der Waals surface area contributed by atoms with Crippen molar-refractivity contribution in [3.05, 3.63) is 49.5 Å². The maximum absolute atomic E-state index is 12.7. The maximum atomic E-state index is 12.7. The lowest BCUT2D eigenvalue weighted by atomic mass is 10.2. The normalized spacial score (nSPS) is 15.2. The Kier molecular flexibility index (Phi) is 6.76. The molecule has 0 bridgehead atoms. The van der Waals surface area contributed by atoms with Crippen LogP contribution in [-0.2, 0) is 4.79 Å². The molecule has 1 fully saturated rings. The van der Waals surface area contributed by atoms with Crippen LogP contribution in [0.2, 0.25) is 0 Å². The summed E-state index contributed by atoms with van der Waals surface area (Å²) in [6.07, 6.45) is 1.69. The van der Waals surface area contributed by atoms with Crippen molar-refractivity contribution in [3.63, 3.8) is 0 Å². The number of nitrogens with zero attached hydrogens (tertiary/aromatic N) is 1. The van der Waals surface area contributed by atoms with Gasteiger partial charge in [-0.05, 0) is 70.3 Å². The van der Waals surface area contributed by atoms with Gasteiger partial charge in [-0.3, -0.25) is 15.0 Å². The van der Waals surface area contributed by atoms with E-state index in [0.717, 1.165) is 22.3 Å². The number of benzene rings is 1. The van der Waals surface area contributed by atoms with Crippen molar-refractivity contribution >= 4 is 73.5 Å². The Balaban J connectivity index is 1.83. The number of carbonyl (C=O) groups is 2.